The van der Waals surface area contributed by atoms with Crippen LogP contribution in [0.4, 0.5) is 10.6 Å². The summed E-state index contributed by atoms with van der Waals surface area (Å²) in [5, 5.41) is 5.85. The summed E-state index contributed by atoms with van der Waals surface area (Å²) in [6.07, 6.45) is 9.10. The summed E-state index contributed by atoms with van der Waals surface area (Å²) >= 11 is 1.64. The molecule has 0 radical (unpaired) electrons. The van der Waals surface area contributed by atoms with Crippen molar-refractivity contribution in [1.29, 1.82) is 0 Å². The molecule has 1 amide bonds. The maximum absolute atomic E-state index is 13.3. The lowest BCUT2D eigenvalue weighted by molar-refractivity contribution is 0.00569. The van der Waals surface area contributed by atoms with Gasteiger partial charge >= 0.3 is 6.09 Å². The largest absolute Gasteiger partial charge is 0.444 e. The van der Waals surface area contributed by atoms with E-state index in [2.05, 4.69) is 68.2 Å². The minimum Gasteiger partial charge on any atom is -0.444 e. The first-order valence-electron chi connectivity index (χ1n) is 19.1. The van der Waals surface area contributed by atoms with Gasteiger partial charge in [-0.2, -0.15) is 9.61 Å². The number of aromatic nitrogens is 5. The van der Waals surface area contributed by atoms with E-state index in [0.29, 0.717) is 26.7 Å². The van der Waals surface area contributed by atoms with E-state index in [1.165, 1.54) is 0 Å². The summed E-state index contributed by atoms with van der Waals surface area (Å²) in [6.45, 7) is 24.3. The number of aryl methyl sites for hydroxylation is 1. The first-order chi connectivity index (χ1) is 24.9. The summed E-state index contributed by atoms with van der Waals surface area (Å²) in [5.41, 5.74) is 3.95. The SMILES string of the molecule is Cc1cnc(-c2ccc(-c3cnn4c(N(COCC[Si](C)(C)C)COCC[Si](C)(C)C)cc(C5CC6CCC(C5)N6C(=O)OC(C)(C)C)nc34)cn2)s1. The predicted molar refractivity (Wildman–Crippen MR) is 219 cm³/mol. The van der Waals surface area contributed by atoms with Crippen molar-refractivity contribution in [1.82, 2.24) is 29.5 Å². The highest BCUT2D eigenvalue weighted by Gasteiger charge is 2.45. The van der Waals surface area contributed by atoms with Crippen molar-refractivity contribution >= 4 is 45.0 Å². The van der Waals surface area contributed by atoms with Gasteiger partial charge < -0.3 is 24.0 Å². The highest BCUT2D eigenvalue weighted by atomic mass is 32.1. The smallest absolute Gasteiger partial charge is 0.410 e. The number of amides is 1. The van der Waals surface area contributed by atoms with Gasteiger partial charge in [0.05, 0.1) is 11.9 Å². The second-order valence-electron chi connectivity index (χ2n) is 18.2. The molecule has 0 aliphatic carbocycles. The molecule has 0 saturated carbocycles. The van der Waals surface area contributed by atoms with Crippen LogP contribution in [-0.4, -0.2) is 96.1 Å². The Kier molecular flexibility index (Phi) is 11.8. The Balaban J connectivity index is 1.36. The molecule has 6 heterocycles. The Labute approximate surface area is 321 Å². The Morgan fingerprint density at radius 2 is 1.57 bits per heavy atom. The van der Waals surface area contributed by atoms with Gasteiger partial charge in [-0.25, -0.2) is 14.8 Å². The first-order valence-corrected chi connectivity index (χ1v) is 27.4. The molecule has 2 bridgehead atoms. The van der Waals surface area contributed by atoms with E-state index in [9.17, 15) is 4.79 Å². The van der Waals surface area contributed by atoms with Gasteiger partial charge in [0, 0.05) is 87.5 Å². The van der Waals surface area contributed by atoms with Crippen LogP contribution in [0.2, 0.25) is 51.4 Å². The van der Waals surface area contributed by atoms with Crippen molar-refractivity contribution in [2.24, 2.45) is 0 Å². The maximum atomic E-state index is 13.3. The number of carbonyl (C=O) groups excluding carboxylic acids is 1. The van der Waals surface area contributed by atoms with Gasteiger partial charge in [0.1, 0.15) is 29.9 Å². The Morgan fingerprint density at radius 1 is 0.925 bits per heavy atom. The number of hydrogen-bond donors (Lipinski definition) is 0. The third-order valence-corrected chi connectivity index (χ3v) is 14.3. The lowest BCUT2D eigenvalue weighted by Crippen LogP contribution is -2.48. The van der Waals surface area contributed by atoms with Gasteiger partial charge in [-0.05, 0) is 71.5 Å². The average Bonchev–Trinajstić information content (AvgIpc) is 3.77. The molecule has 4 aromatic heterocycles. The first kappa shape index (κ1) is 39.5. The third-order valence-electron chi connectivity index (χ3n) is 9.95. The number of fused-ring (bicyclic) bond motifs is 3. The van der Waals surface area contributed by atoms with Crippen LogP contribution in [0.25, 0.3) is 27.5 Å². The standard InChI is InChI=1S/C39H59N7O4SSi2/c1-27-22-41-37(51-27)33-14-11-28(23-40-33)32-24-42-46-35(44(25-48-15-17-52(5,6)7)26-49-16-18-53(8,9)10)21-34(43-36(32)46)29-19-30-12-13-31(20-29)45(30)38(47)50-39(2,3)4/h11,14,21-24,29-31H,12-13,15-20,25-26H2,1-10H3. The number of carbonyl (C=O) groups is 1. The molecular formula is C39H59N7O4SSi2. The van der Waals surface area contributed by atoms with Crippen LogP contribution in [0.5, 0.6) is 0 Å². The van der Waals surface area contributed by atoms with E-state index in [0.717, 1.165) is 81.6 Å². The summed E-state index contributed by atoms with van der Waals surface area (Å²) in [4.78, 5) is 33.4. The fourth-order valence-corrected chi connectivity index (χ4v) is 9.32. The Hall–Kier alpha value is -3.18. The molecule has 0 spiro atoms. The molecule has 14 heteroatoms. The summed E-state index contributed by atoms with van der Waals surface area (Å²) in [7, 11) is -2.55. The number of pyridine rings is 1. The third kappa shape index (κ3) is 10.1. The van der Waals surface area contributed by atoms with Crippen LogP contribution >= 0.6 is 11.3 Å². The van der Waals surface area contributed by atoms with E-state index in [1.807, 2.05) is 54.8 Å². The molecule has 288 valence electrons. The Morgan fingerprint density at radius 3 is 2.09 bits per heavy atom. The normalized spacial score (nSPS) is 19.3. The molecule has 2 aliphatic rings. The van der Waals surface area contributed by atoms with Crippen LogP contribution in [0.1, 0.15) is 62.9 Å². The van der Waals surface area contributed by atoms with E-state index < -0.39 is 21.7 Å². The van der Waals surface area contributed by atoms with Crippen LogP contribution in [0.3, 0.4) is 0 Å². The fraction of sp³-hybridized carbons (Fsp3) is 0.615. The van der Waals surface area contributed by atoms with E-state index in [1.54, 1.807) is 11.3 Å². The zero-order chi connectivity index (χ0) is 38.1. The number of hydrogen-bond acceptors (Lipinski definition) is 10. The summed E-state index contributed by atoms with van der Waals surface area (Å²) < 4.78 is 20.6. The van der Waals surface area contributed by atoms with Gasteiger partial charge in [0.2, 0.25) is 0 Å². The molecule has 6 rings (SSSR count). The number of ether oxygens (including phenoxy) is 3. The predicted octanol–water partition coefficient (Wildman–Crippen LogP) is 9.30. The average molecular weight is 778 g/mol. The number of thiazole rings is 1. The van der Waals surface area contributed by atoms with Crippen LogP contribution in [0.15, 0.2) is 36.8 Å². The zero-order valence-corrected chi connectivity index (χ0v) is 36.3. The van der Waals surface area contributed by atoms with Crippen LogP contribution in [0, 0.1) is 6.92 Å². The Bertz CT molecular complexity index is 1830. The molecule has 53 heavy (non-hydrogen) atoms. The van der Waals surface area contributed by atoms with E-state index >= 15 is 0 Å². The molecule has 2 fully saturated rings. The number of nitrogens with zero attached hydrogens (tertiary/aromatic N) is 7. The molecule has 4 aromatic rings. The van der Waals surface area contributed by atoms with Crippen molar-refractivity contribution in [3.05, 3.63) is 47.4 Å². The van der Waals surface area contributed by atoms with Gasteiger partial charge in [0.25, 0.3) is 0 Å². The summed E-state index contributed by atoms with van der Waals surface area (Å²) in [6, 6.07) is 8.71. The van der Waals surface area contributed by atoms with Crippen molar-refractivity contribution in [3.63, 3.8) is 0 Å². The maximum Gasteiger partial charge on any atom is 0.410 e. The molecule has 2 aliphatic heterocycles. The molecule has 11 nitrogen and oxygen atoms in total. The van der Waals surface area contributed by atoms with Gasteiger partial charge in [-0.1, -0.05) is 45.3 Å². The van der Waals surface area contributed by atoms with Gasteiger partial charge in [-0.15, -0.1) is 11.3 Å². The van der Waals surface area contributed by atoms with Crippen LogP contribution < -0.4 is 4.90 Å². The highest BCUT2D eigenvalue weighted by molar-refractivity contribution is 7.14. The molecular weight excluding hydrogens is 719 g/mol. The quantitative estimate of drug-likeness (QED) is 0.0704. The van der Waals surface area contributed by atoms with Gasteiger partial charge in [0.15, 0.2) is 5.65 Å². The minimum absolute atomic E-state index is 0.122. The molecule has 0 aromatic carbocycles. The number of anilines is 1. The highest BCUT2D eigenvalue weighted by Crippen LogP contribution is 2.44. The fourth-order valence-electron chi connectivity index (χ4n) is 7.06. The number of rotatable bonds is 14. The monoisotopic (exact) mass is 777 g/mol. The van der Waals surface area contributed by atoms with E-state index in [-0.39, 0.29) is 24.1 Å². The molecule has 2 saturated heterocycles. The molecule has 2 atom stereocenters. The topological polar surface area (TPSA) is 107 Å². The van der Waals surface area contributed by atoms with Gasteiger partial charge in [-0.3, -0.25) is 4.98 Å². The van der Waals surface area contributed by atoms with Crippen molar-refractivity contribution < 1.29 is 19.0 Å². The zero-order valence-electron chi connectivity index (χ0n) is 33.4. The lowest BCUT2D eigenvalue weighted by Gasteiger charge is -2.39. The number of piperidine rings is 1. The van der Waals surface area contributed by atoms with Crippen molar-refractivity contribution in [2.45, 2.75) is 128 Å². The summed E-state index contributed by atoms with van der Waals surface area (Å²) in [5.74, 6) is 1.07. The van der Waals surface area contributed by atoms with Crippen molar-refractivity contribution in [2.75, 3.05) is 31.6 Å². The van der Waals surface area contributed by atoms with E-state index in [4.69, 9.17) is 29.3 Å². The minimum atomic E-state index is -1.27. The second-order valence-corrected chi connectivity index (χ2v) is 30.7. The lowest BCUT2D eigenvalue weighted by atomic mass is 9.88. The second kappa shape index (κ2) is 15.9. The molecule has 0 N–H and O–H groups in total. The van der Waals surface area contributed by atoms with Crippen LogP contribution in [-0.2, 0) is 14.2 Å². The molecule has 2 unspecified atom stereocenters. The van der Waals surface area contributed by atoms with Crippen molar-refractivity contribution in [3.8, 4) is 21.8 Å².